The quantitative estimate of drug-likeness (QED) is 0.156. The molecule has 0 fully saturated rings. The first kappa shape index (κ1) is 41.9. The second-order valence-corrected chi connectivity index (χ2v) is 19.4. The van der Waals surface area contributed by atoms with Crippen LogP contribution in [0.2, 0.25) is 0 Å². The summed E-state index contributed by atoms with van der Waals surface area (Å²) < 4.78 is 10.9. The molecule has 0 bridgehead atoms. The van der Waals surface area contributed by atoms with Crippen LogP contribution in [-0.4, -0.2) is 19.1 Å². The van der Waals surface area contributed by atoms with Crippen LogP contribution in [0.25, 0.3) is 111 Å². The molecule has 330 valence electrons. The number of pyridine rings is 1. The standard InChI is InChI=1S/C61H45N5O.Pt/c1-60(2,3)39-26-29-51-48(34-39)44-28-25-37(33-53(44)66(51)56-35-40(31-32-62-56)61(4,5)38-15-7-6-8-16-38)42-19-14-23-52-58(42)64-59(47-21-13-20-46-43-17-9-11-22-50(43)63-57(46)47)65(52)41-27-30-55-49(36-41)45-18-10-12-24-54(45)67-55;/h6-32,34-36H,1-5H3;/q-2;+2. The number of imidazole rings is 1. The molecule has 7 heteroatoms. The van der Waals surface area contributed by atoms with Gasteiger partial charge in [0.15, 0.2) is 0 Å². The van der Waals surface area contributed by atoms with Crippen LogP contribution in [0.15, 0.2) is 187 Å². The summed E-state index contributed by atoms with van der Waals surface area (Å²) in [5.41, 5.74) is 14.8. The second kappa shape index (κ2) is 15.5. The summed E-state index contributed by atoms with van der Waals surface area (Å²) in [6.07, 6.45) is 1.95. The van der Waals surface area contributed by atoms with E-state index in [1.807, 2.05) is 24.4 Å². The van der Waals surface area contributed by atoms with Crippen LogP contribution in [0.1, 0.15) is 51.3 Å². The molecule has 0 saturated carbocycles. The predicted octanol–water partition coefficient (Wildman–Crippen LogP) is 15.4. The predicted molar refractivity (Wildman–Crippen MR) is 276 cm³/mol. The first-order valence-corrected chi connectivity index (χ1v) is 23.0. The molecule has 13 aromatic rings. The number of rotatable bonds is 6. The van der Waals surface area contributed by atoms with Crippen molar-refractivity contribution < 1.29 is 25.5 Å². The Hall–Kier alpha value is -7.53. The Balaban J connectivity index is 0.00000480. The van der Waals surface area contributed by atoms with Gasteiger partial charge in [-0.25, -0.2) is 9.97 Å². The first-order chi connectivity index (χ1) is 32.6. The summed E-state index contributed by atoms with van der Waals surface area (Å²) in [4.78, 5) is 16.0. The topological polar surface area (TPSA) is 62.9 Å². The molecule has 0 N–H and O–H groups in total. The third-order valence-corrected chi connectivity index (χ3v) is 14.0. The SMILES string of the molecule is CC(C)(C)c1ccc2c(c1)c1ccc(-c3cccc4c3nc(-c3cccc5c3[n-]c3ccccc35)n4-c3ccc4oc5ccccc5c4c3)[c-]c1n2-c1cc(C(C)(C)c2ccccc2)ccn1.[Pt+2]. The van der Waals surface area contributed by atoms with Gasteiger partial charge >= 0.3 is 21.1 Å². The summed E-state index contributed by atoms with van der Waals surface area (Å²) in [5, 5.41) is 6.67. The Labute approximate surface area is 408 Å². The summed E-state index contributed by atoms with van der Waals surface area (Å²) in [6, 6.07) is 66.4. The fraction of sp³-hybridized carbons (Fsp3) is 0.115. The van der Waals surface area contributed by atoms with Crippen molar-refractivity contribution in [1.29, 1.82) is 0 Å². The number of hydrogen-bond donors (Lipinski definition) is 0. The summed E-state index contributed by atoms with van der Waals surface area (Å²) in [7, 11) is 0. The molecular formula is C61H45N5OPt. The van der Waals surface area contributed by atoms with Gasteiger partial charge in [0.05, 0.1) is 11.0 Å². The molecule has 6 nitrogen and oxygen atoms in total. The van der Waals surface area contributed by atoms with E-state index in [9.17, 15) is 0 Å². The Morgan fingerprint density at radius 1 is 0.529 bits per heavy atom. The van der Waals surface area contributed by atoms with Gasteiger partial charge in [0, 0.05) is 39.2 Å². The fourth-order valence-electron chi connectivity index (χ4n) is 10.3. The molecule has 5 aromatic heterocycles. The minimum atomic E-state index is -0.248. The monoisotopic (exact) mass is 1060 g/mol. The maximum Gasteiger partial charge on any atom is 2.00 e. The smallest absolute Gasteiger partial charge is 0.656 e. The van der Waals surface area contributed by atoms with Gasteiger partial charge in [0.2, 0.25) is 0 Å². The number of benzene rings is 8. The van der Waals surface area contributed by atoms with Crippen molar-refractivity contribution in [2.45, 2.75) is 45.4 Å². The molecule has 8 aromatic carbocycles. The van der Waals surface area contributed by atoms with E-state index >= 15 is 0 Å². The molecule has 0 unspecified atom stereocenters. The number of fused-ring (bicyclic) bond motifs is 10. The average molecular weight is 1060 g/mol. The number of nitrogens with zero attached hydrogens (tertiary/aromatic N) is 5. The van der Waals surface area contributed by atoms with Gasteiger partial charge in [0.25, 0.3) is 0 Å². The van der Waals surface area contributed by atoms with Gasteiger partial charge in [-0.15, -0.1) is 34.8 Å². The normalized spacial score (nSPS) is 12.4. The third kappa shape index (κ3) is 6.42. The van der Waals surface area contributed by atoms with E-state index in [2.05, 4.69) is 208 Å². The van der Waals surface area contributed by atoms with E-state index in [1.54, 1.807) is 0 Å². The Morgan fingerprint density at radius 3 is 2.13 bits per heavy atom. The van der Waals surface area contributed by atoms with Crippen LogP contribution in [0.3, 0.4) is 0 Å². The van der Waals surface area contributed by atoms with E-state index in [0.29, 0.717) is 0 Å². The average Bonchev–Trinajstić information content (AvgIpc) is 4.12. The van der Waals surface area contributed by atoms with Gasteiger partial charge in [-0.3, -0.25) is 4.57 Å². The Morgan fingerprint density at radius 2 is 1.28 bits per heavy atom. The number of furan rings is 1. The van der Waals surface area contributed by atoms with Crippen LogP contribution in [0.4, 0.5) is 0 Å². The van der Waals surface area contributed by atoms with Gasteiger partial charge in [-0.1, -0.05) is 161 Å². The zero-order valence-electron chi connectivity index (χ0n) is 38.3. The molecule has 0 spiro atoms. The van der Waals surface area contributed by atoms with Gasteiger partial charge in [-0.05, 0) is 92.3 Å². The van der Waals surface area contributed by atoms with Crippen molar-refractivity contribution in [3.05, 3.63) is 205 Å². The van der Waals surface area contributed by atoms with Crippen LogP contribution >= 0.6 is 0 Å². The van der Waals surface area contributed by atoms with Crippen molar-refractivity contribution in [1.82, 2.24) is 24.1 Å². The molecule has 0 saturated heterocycles. The first-order valence-electron chi connectivity index (χ1n) is 23.0. The minimum absolute atomic E-state index is 0. The van der Waals surface area contributed by atoms with E-state index < -0.39 is 0 Å². The minimum Gasteiger partial charge on any atom is -0.656 e. The van der Waals surface area contributed by atoms with Crippen LogP contribution < -0.4 is 4.98 Å². The van der Waals surface area contributed by atoms with Crippen molar-refractivity contribution in [3.63, 3.8) is 0 Å². The summed E-state index contributed by atoms with van der Waals surface area (Å²) in [6.45, 7) is 11.4. The van der Waals surface area contributed by atoms with Crippen molar-refractivity contribution >= 4 is 76.6 Å². The largest absolute Gasteiger partial charge is 2.00 e. The van der Waals surface area contributed by atoms with Crippen LogP contribution in [0, 0.1) is 6.07 Å². The number of hydrogen-bond acceptors (Lipinski definition) is 3. The zero-order chi connectivity index (χ0) is 45.2. The van der Waals surface area contributed by atoms with E-state index in [1.165, 1.54) is 22.1 Å². The van der Waals surface area contributed by atoms with Gasteiger partial charge in [-0.2, -0.15) is 0 Å². The molecule has 0 aliphatic carbocycles. The summed E-state index contributed by atoms with van der Waals surface area (Å²) >= 11 is 0. The third-order valence-electron chi connectivity index (χ3n) is 14.0. The van der Waals surface area contributed by atoms with E-state index in [-0.39, 0.29) is 31.9 Å². The molecule has 68 heavy (non-hydrogen) atoms. The van der Waals surface area contributed by atoms with E-state index in [0.717, 1.165) is 105 Å². The zero-order valence-corrected chi connectivity index (χ0v) is 40.6. The Kier molecular flexibility index (Phi) is 9.55. The number of aromatic nitrogens is 5. The van der Waals surface area contributed by atoms with Crippen LogP contribution in [0.5, 0.6) is 0 Å². The molecule has 0 radical (unpaired) electrons. The molecule has 0 amide bonds. The van der Waals surface area contributed by atoms with Crippen molar-refractivity contribution in [2.75, 3.05) is 0 Å². The Bertz CT molecular complexity index is 4120. The van der Waals surface area contributed by atoms with Crippen LogP contribution in [-0.2, 0) is 31.9 Å². The number of para-hydroxylation sites is 4. The molecular weight excluding hydrogens is 1010 g/mol. The van der Waals surface area contributed by atoms with E-state index in [4.69, 9.17) is 19.4 Å². The van der Waals surface area contributed by atoms with Gasteiger partial charge in [0.1, 0.15) is 22.8 Å². The van der Waals surface area contributed by atoms with Crippen molar-refractivity contribution in [3.8, 4) is 34.0 Å². The summed E-state index contributed by atoms with van der Waals surface area (Å²) in [5.74, 6) is 1.67. The maximum absolute atomic E-state index is 6.31. The maximum atomic E-state index is 6.31. The van der Waals surface area contributed by atoms with Gasteiger partial charge < -0.3 is 14.0 Å². The second-order valence-electron chi connectivity index (χ2n) is 19.4. The molecule has 0 atom stereocenters. The molecule has 0 aliphatic rings. The fourth-order valence-corrected chi connectivity index (χ4v) is 10.3. The molecule has 13 rings (SSSR count). The van der Waals surface area contributed by atoms with Crippen molar-refractivity contribution in [2.24, 2.45) is 0 Å². The molecule has 0 aliphatic heterocycles. The molecule has 5 heterocycles.